The number of hydrogen-bond donors (Lipinski definition) is 1. The largest absolute Gasteiger partial charge is 0.472 e. The molecule has 0 aromatic heterocycles. The molecule has 0 aliphatic heterocycles. The van der Waals surface area contributed by atoms with Crippen LogP contribution in [-0.4, -0.2) is 17.6 Å². The maximum absolute atomic E-state index is 12.2. The first-order valence-electron chi connectivity index (χ1n) is 10.7. The highest BCUT2D eigenvalue weighted by molar-refractivity contribution is 7.47. The van der Waals surface area contributed by atoms with Crippen molar-refractivity contribution in [3.8, 4) is 0 Å². The Morgan fingerprint density at radius 3 is 2.20 bits per heavy atom. The topological polar surface area (TPSA) is 55.8 Å². The van der Waals surface area contributed by atoms with E-state index in [0.29, 0.717) is 12.5 Å². The van der Waals surface area contributed by atoms with Gasteiger partial charge in [-0.2, -0.15) is 0 Å². The Bertz CT molecular complexity index is 356. The molecule has 1 aliphatic rings. The summed E-state index contributed by atoms with van der Waals surface area (Å²) in [5, 5.41) is 0. The molecule has 0 radical (unpaired) electrons. The van der Waals surface area contributed by atoms with E-state index in [-0.39, 0.29) is 6.10 Å². The number of hydrogen-bond acceptors (Lipinski definition) is 3. The van der Waals surface area contributed by atoms with Crippen LogP contribution in [0.2, 0.25) is 0 Å². The van der Waals surface area contributed by atoms with Crippen molar-refractivity contribution < 1.29 is 18.5 Å². The predicted molar refractivity (Wildman–Crippen MR) is 105 cm³/mol. The van der Waals surface area contributed by atoms with Gasteiger partial charge in [-0.1, -0.05) is 84.5 Å². The van der Waals surface area contributed by atoms with E-state index in [0.717, 1.165) is 51.4 Å². The van der Waals surface area contributed by atoms with E-state index < -0.39 is 7.82 Å². The summed E-state index contributed by atoms with van der Waals surface area (Å²) in [6.45, 7) is 4.78. The van der Waals surface area contributed by atoms with Crippen molar-refractivity contribution in [2.24, 2.45) is 5.92 Å². The van der Waals surface area contributed by atoms with Crippen molar-refractivity contribution in [1.29, 1.82) is 0 Å². The molecule has 0 bridgehead atoms. The lowest BCUT2D eigenvalue weighted by Crippen LogP contribution is -2.17. The molecule has 150 valence electrons. The zero-order valence-electron chi connectivity index (χ0n) is 16.6. The van der Waals surface area contributed by atoms with Gasteiger partial charge in [0.2, 0.25) is 0 Å². The summed E-state index contributed by atoms with van der Waals surface area (Å²) in [4.78, 5) is 10.0. The van der Waals surface area contributed by atoms with E-state index in [4.69, 9.17) is 9.05 Å². The lowest BCUT2D eigenvalue weighted by atomic mass is 9.96. The fourth-order valence-electron chi connectivity index (χ4n) is 3.61. The van der Waals surface area contributed by atoms with Crippen molar-refractivity contribution in [3.63, 3.8) is 0 Å². The fourth-order valence-corrected chi connectivity index (χ4v) is 4.65. The van der Waals surface area contributed by atoms with E-state index >= 15 is 0 Å². The third-order valence-corrected chi connectivity index (χ3v) is 6.28. The van der Waals surface area contributed by atoms with Gasteiger partial charge in [0, 0.05) is 0 Å². The van der Waals surface area contributed by atoms with Gasteiger partial charge in [-0.3, -0.25) is 9.05 Å². The third kappa shape index (κ3) is 12.2. The molecule has 1 rings (SSSR count). The van der Waals surface area contributed by atoms with E-state index in [2.05, 4.69) is 13.8 Å². The normalized spacial score (nSPS) is 19.6. The first-order valence-corrected chi connectivity index (χ1v) is 12.2. The second-order valence-electron chi connectivity index (χ2n) is 7.69. The SMILES string of the molecule is CCCCCCCCC(CCCC)COP(=O)(O)OC1CCCCC1. The molecule has 25 heavy (non-hydrogen) atoms. The molecule has 0 aromatic carbocycles. The predicted octanol–water partition coefficient (Wildman–Crippen LogP) is 7.01. The molecule has 1 fully saturated rings. The minimum atomic E-state index is -3.90. The zero-order chi connectivity index (χ0) is 18.4. The number of unbranched alkanes of at least 4 members (excludes halogenated alkanes) is 6. The average molecular weight is 377 g/mol. The Balaban J connectivity index is 2.28. The Hall–Kier alpha value is 0.110. The third-order valence-electron chi connectivity index (χ3n) is 5.24. The maximum Gasteiger partial charge on any atom is 0.472 e. The summed E-state index contributed by atoms with van der Waals surface area (Å²) in [5.74, 6) is 0.376. The van der Waals surface area contributed by atoms with E-state index in [1.165, 1.54) is 44.9 Å². The lowest BCUT2D eigenvalue weighted by Gasteiger charge is -2.25. The van der Waals surface area contributed by atoms with Gasteiger partial charge < -0.3 is 4.89 Å². The first-order chi connectivity index (χ1) is 12.1. The molecular formula is C20H41O4P. The molecule has 1 saturated carbocycles. The summed E-state index contributed by atoms with van der Waals surface area (Å²) in [6.07, 6.45) is 17.2. The van der Waals surface area contributed by atoms with E-state index in [1.54, 1.807) is 0 Å². The molecule has 2 unspecified atom stereocenters. The van der Waals surface area contributed by atoms with Gasteiger partial charge in [0.25, 0.3) is 0 Å². The van der Waals surface area contributed by atoms with Gasteiger partial charge >= 0.3 is 7.82 Å². The molecule has 0 aromatic rings. The summed E-state index contributed by atoms with van der Waals surface area (Å²) in [5.41, 5.74) is 0. The molecular weight excluding hydrogens is 335 g/mol. The molecule has 0 amide bonds. The Kier molecular flexibility index (Phi) is 13.2. The van der Waals surface area contributed by atoms with Gasteiger partial charge in [-0.25, -0.2) is 4.57 Å². The van der Waals surface area contributed by atoms with Crippen LogP contribution in [-0.2, 0) is 13.6 Å². The summed E-state index contributed by atoms with van der Waals surface area (Å²) in [6, 6.07) is 0. The van der Waals surface area contributed by atoms with Crippen molar-refractivity contribution in [2.75, 3.05) is 6.61 Å². The van der Waals surface area contributed by atoms with Gasteiger partial charge in [-0.05, 0) is 31.6 Å². The van der Waals surface area contributed by atoms with Crippen molar-refractivity contribution >= 4 is 7.82 Å². The van der Waals surface area contributed by atoms with Gasteiger partial charge in [0.05, 0.1) is 12.7 Å². The summed E-state index contributed by atoms with van der Waals surface area (Å²) >= 11 is 0. The van der Waals surface area contributed by atoms with Crippen molar-refractivity contribution in [3.05, 3.63) is 0 Å². The van der Waals surface area contributed by atoms with Gasteiger partial charge in [0.1, 0.15) is 0 Å². The Labute approximate surface area is 155 Å². The smallest absolute Gasteiger partial charge is 0.302 e. The molecule has 2 atom stereocenters. The Morgan fingerprint density at radius 1 is 0.920 bits per heavy atom. The Morgan fingerprint density at radius 2 is 1.52 bits per heavy atom. The number of phosphoric ester groups is 1. The van der Waals surface area contributed by atoms with Crippen LogP contribution in [0.3, 0.4) is 0 Å². The monoisotopic (exact) mass is 376 g/mol. The molecule has 5 heteroatoms. The van der Waals surface area contributed by atoms with Gasteiger partial charge in [0.15, 0.2) is 0 Å². The summed E-state index contributed by atoms with van der Waals surface area (Å²) < 4.78 is 23.0. The molecule has 0 saturated heterocycles. The second kappa shape index (κ2) is 14.2. The van der Waals surface area contributed by atoms with Crippen LogP contribution >= 0.6 is 7.82 Å². The molecule has 4 nitrogen and oxygen atoms in total. The second-order valence-corrected chi connectivity index (χ2v) is 9.10. The zero-order valence-corrected chi connectivity index (χ0v) is 17.5. The van der Waals surface area contributed by atoms with Crippen molar-refractivity contribution in [1.82, 2.24) is 0 Å². The van der Waals surface area contributed by atoms with Crippen LogP contribution in [0.25, 0.3) is 0 Å². The lowest BCUT2D eigenvalue weighted by molar-refractivity contribution is 0.0723. The van der Waals surface area contributed by atoms with Gasteiger partial charge in [-0.15, -0.1) is 0 Å². The van der Waals surface area contributed by atoms with Crippen LogP contribution in [0.5, 0.6) is 0 Å². The quantitative estimate of drug-likeness (QED) is 0.247. The van der Waals surface area contributed by atoms with Crippen LogP contribution in [0.15, 0.2) is 0 Å². The minimum Gasteiger partial charge on any atom is -0.302 e. The molecule has 0 spiro atoms. The molecule has 1 N–H and O–H groups in total. The maximum atomic E-state index is 12.2. The first kappa shape index (κ1) is 23.1. The highest BCUT2D eigenvalue weighted by Gasteiger charge is 2.28. The highest BCUT2D eigenvalue weighted by atomic mass is 31.2. The average Bonchev–Trinajstić information content (AvgIpc) is 2.60. The number of rotatable bonds is 15. The standard InChI is InChI=1S/C20H41O4P/c1-3-5-7-8-9-11-15-19(14-6-4-2)18-23-25(21,22)24-20-16-12-10-13-17-20/h19-20H,3-18H2,1-2H3,(H,21,22). The van der Waals surface area contributed by atoms with Crippen LogP contribution < -0.4 is 0 Å². The van der Waals surface area contributed by atoms with E-state index in [1.807, 2.05) is 0 Å². The highest BCUT2D eigenvalue weighted by Crippen LogP contribution is 2.47. The number of phosphoric acid groups is 1. The fraction of sp³-hybridized carbons (Fsp3) is 1.00. The van der Waals surface area contributed by atoms with Crippen LogP contribution in [0.4, 0.5) is 0 Å². The van der Waals surface area contributed by atoms with E-state index in [9.17, 15) is 9.46 Å². The van der Waals surface area contributed by atoms with Crippen molar-refractivity contribution in [2.45, 2.75) is 116 Å². The van der Waals surface area contributed by atoms with Crippen LogP contribution in [0, 0.1) is 5.92 Å². The summed E-state index contributed by atoms with van der Waals surface area (Å²) in [7, 11) is -3.90. The minimum absolute atomic E-state index is 0.0998. The van der Waals surface area contributed by atoms with Crippen LogP contribution in [0.1, 0.15) is 110 Å². The molecule has 1 aliphatic carbocycles. The molecule has 0 heterocycles.